The molecule has 0 fully saturated rings. The number of hydrogen-bond donors (Lipinski definition) is 2. The minimum Gasteiger partial charge on any atom is -0.587 e. The molecular formula is C20H17BrClN5OS. The number of anilines is 2. The van der Waals surface area contributed by atoms with Crippen LogP contribution in [0.4, 0.5) is 11.4 Å². The van der Waals surface area contributed by atoms with Crippen LogP contribution in [0.25, 0.3) is 10.9 Å². The molecule has 3 heterocycles. The van der Waals surface area contributed by atoms with E-state index in [4.69, 9.17) is 11.6 Å². The minimum absolute atomic E-state index is 0.383. The molecule has 0 bridgehead atoms. The van der Waals surface area contributed by atoms with E-state index in [0.29, 0.717) is 21.1 Å². The Kier molecular flexibility index (Phi) is 6.07. The summed E-state index contributed by atoms with van der Waals surface area (Å²) >= 11 is 8.14. The van der Waals surface area contributed by atoms with E-state index in [1.165, 1.54) is 0 Å². The molecule has 0 aliphatic heterocycles. The van der Waals surface area contributed by atoms with Gasteiger partial charge >= 0.3 is 0 Å². The number of benzene rings is 1. The number of halogens is 2. The summed E-state index contributed by atoms with van der Waals surface area (Å²) in [4.78, 5) is 8.78. The predicted octanol–water partition coefficient (Wildman–Crippen LogP) is 4.88. The summed E-state index contributed by atoms with van der Waals surface area (Å²) in [5.41, 5.74) is 3.57. The second kappa shape index (κ2) is 8.73. The van der Waals surface area contributed by atoms with Crippen molar-refractivity contribution in [2.45, 2.75) is 11.4 Å². The van der Waals surface area contributed by atoms with Gasteiger partial charge in [0.25, 0.3) is 0 Å². The van der Waals surface area contributed by atoms with E-state index in [-0.39, 0.29) is 0 Å². The Morgan fingerprint density at radius 2 is 2.10 bits per heavy atom. The molecule has 4 aromatic rings. The first kappa shape index (κ1) is 20.2. The average Bonchev–Trinajstić information content (AvgIpc) is 3.09. The summed E-state index contributed by atoms with van der Waals surface area (Å²) in [6.45, 7) is 0.673. The molecule has 0 saturated carbocycles. The lowest BCUT2D eigenvalue weighted by Gasteiger charge is -2.12. The highest BCUT2D eigenvalue weighted by Crippen LogP contribution is 2.33. The van der Waals surface area contributed by atoms with Gasteiger partial charge in [-0.2, -0.15) is 3.97 Å². The van der Waals surface area contributed by atoms with Crippen molar-refractivity contribution in [2.75, 3.05) is 12.4 Å². The molecule has 9 heteroatoms. The molecule has 0 spiro atoms. The monoisotopic (exact) mass is 489 g/mol. The molecule has 3 aromatic heterocycles. The van der Waals surface area contributed by atoms with Crippen molar-refractivity contribution in [3.8, 4) is 0 Å². The fourth-order valence-corrected chi connectivity index (χ4v) is 4.66. The van der Waals surface area contributed by atoms with Gasteiger partial charge in [0.2, 0.25) is 0 Å². The standard InChI is InChI=1S/C20H17BrClN5OS/c1-23-10-13-12-27(29(28)15-3-2-7-24-11-15)18-9-14(4-5-16(13)18)26-17-6-8-25-20(22)19(17)21/h2-9,11-12,23H,10H2,1H3,(H,25,26). The summed E-state index contributed by atoms with van der Waals surface area (Å²) < 4.78 is 15.7. The Balaban J connectivity index is 1.79. The molecular weight excluding hydrogens is 474 g/mol. The predicted molar refractivity (Wildman–Crippen MR) is 121 cm³/mol. The Morgan fingerprint density at radius 3 is 2.86 bits per heavy atom. The maximum absolute atomic E-state index is 13.2. The second-order valence-corrected chi connectivity index (χ2v) is 8.78. The first-order valence-electron chi connectivity index (χ1n) is 8.76. The summed E-state index contributed by atoms with van der Waals surface area (Å²) in [6, 6.07) is 11.4. The normalized spacial score (nSPS) is 12.3. The van der Waals surface area contributed by atoms with Gasteiger partial charge in [0.05, 0.1) is 22.6 Å². The van der Waals surface area contributed by atoms with E-state index < -0.39 is 11.4 Å². The molecule has 1 aromatic carbocycles. The van der Waals surface area contributed by atoms with E-state index in [0.717, 1.165) is 27.8 Å². The maximum atomic E-state index is 13.2. The molecule has 0 saturated heterocycles. The molecule has 0 amide bonds. The molecule has 0 radical (unpaired) electrons. The number of fused-ring (bicyclic) bond motifs is 1. The third kappa shape index (κ3) is 4.12. The Morgan fingerprint density at radius 1 is 1.24 bits per heavy atom. The molecule has 1 atom stereocenters. The number of nitrogens with one attached hydrogen (secondary N) is 2. The van der Waals surface area contributed by atoms with E-state index in [2.05, 4.69) is 36.5 Å². The van der Waals surface area contributed by atoms with Crippen molar-refractivity contribution in [1.82, 2.24) is 19.3 Å². The smallest absolute Gasteiger partial charge is 0.198 e. The highest BCUT2D eigenvalue weighted by atomic mass is 79.9. The Bertz CT molecular complexity index is 1150. The van der Waals surface area contributed by atoms with Gasteiger partial charge in [0, 0.05) is 30.0 Å². The summed E-state index contributed by atoms with van der Waals surface area (Å²) in [6.07, 6.45) is 6.85. The second-order valence-electron chi connectivity index (χ2n) is 6.27. The zero-order valence-electron chi connectivity index (χ0n) is 15.4. The number of nitrogens with zero attached hydrogens (tertiary/aromatic N) is 3. The van der Waals surface area contributed by atoms with E-state index in [1.807, 2.05) is 43.6 Å². The number of aromatic nitrogens is 3. The van der Waals surface area contributed by atoms with Crippen LogP contribution in [0.3, 0.4) is 0 Å². The van der Waals surface area contributed by atoms with Crippen molar-refractivity contribution in [2.24, 2.45) is 0 Å². The van der Waals surface area contributed by atoms with Crippen LogP contribution in [0.5, 0.6) is 0 Å². The maximum Gasteiger partial charge on any atom is 0.198 e. The van der Waals surface area contributed by atoms with Gasteiger partial charge < -0.3 is 15.2 Å². The number of hydrogen-bond acceptors (Lipinski definition) is 5. The highest BCUT2D eigenvalue weighted by molar-refractivity contribution is 9.10. The van der Waals surface area contributed by atoms with Crippen molar-refractivity contribution >= 4 is 61.2 Å². The molecule has 0 aliphatic rings. The van der Waals surface area contributed by atoms with Gasteiger partial charge in [-0.1, -0.05) is 17.7 Å². The van der Waals surface area contributed by atoms with Crippen LogP contribution >= 0.6 is 27.5 Å². The van der Waals surface area contributed by atoms with Gasteiger partial charge in [-0.05, 0) is 58.9 Å². The van der Waals surface area contributed by atoms with Gasteiger partial charge in [0.1, 0.15) is 22.0 Å². The van der Waals surface area contributed by atoms with Crippen LogP contribution in [-0.4, -0.2) is 25.5 Å². The van der Waals surface area contributed by atoms with Crippen molar-refractivity contribution < 1.29 is 4.55 Å². The molecule has 148 valence electrons. The molecule has 4 rings (SSSR count). The Labute approximate surface area is 184 Å². The highest BCUT2D eigenvalue weighted by Gasteiger charge is 2.20. The Hall–Kier alpha value is -2.10. The van der Waals surface area contributed by atoms with Crippen LogP contribution in [0.2, 0.25) is 5.15 Å². The topological polar surface area (TPSA) is 77.8 Å². The third-order valence-corrected chi connectivity index (χ3v) is 6.98. The minimum atomic E-state index is -1.41. The molecule has 29 heavy (non-hydrogen) atoms. The summed E-state index contributed by atoms with van der Waals surface area (Å²) in [5.74, 6) is 0. The zero-order valence-corrected chi connectivity index (χ0v) is 18.6. The fourth-order valence-electron chi connectivity index (χ4n) is 3.05. The van der Waals surface area contributed by atoms with Crippen LogP contribution in [0.15, 0.2) is 70.6 Å². The lowest BCUT2D eigenvalue weighted by molar-refractivity contribution is 0.587. The van der Waals surface area contributed by atoms with Gasteiger partial charge in [-0.3, -0.25) is 4.98 Å². The van der Waals surface area contributed by atoms with Crippen LogP contribution in [0, 0.1) is 0 Å². The summed E-state index contributed by atoms with van der Waals surface area (Å²) in [7, 11) is 1.89. The van der Waals surface area contributed by atoms with Gasteiger partial charge in [-0.15, -0.1) is 0 Å². The quantitative estimate of drug-likeness (QED) is 0.297. The first-order valence-corrected chi connectivity index (χ1v) is 11.0. The van der Waals surface area contributed by atoms with Gasteiger partial charge in [0.15, 0.2) is 4.90 Å². The van der Waals surface area contributed by atoms with E-state index in [9.17, 15) is 4.55 Å². The van der Waals surface area contributed by atoms with E-state index >= 15 is 0 Å². The lowest BCUT2D eigenvalue weighted by atomic mass is 10.1. The van der Waals surface area contributed by atoms with Crippen LogP contribution in [0.1, 0.15) is 5.56 Å². The molecule has 0 aliphatic carbocycles. The first-order chi connectivity index (χ1) is 14.1. The lowest BCUT2D eigenvalue weighted by Crippen LogP contribution is -2.12. The largest absolute Gasteiger partial charge is 0.587 e. The average molecular weight is 491 g/mol. The van der Waals surface area contributed by atoms with Crippen molar-refractivity contribution in [3.63, 3.8) is 0 Å². The number of pyridine rings is 2. The SMILES string of the molecule is CNCc1cn([S+]([O-])c2cccnc2)c2cc(Nc3ccnc(Cl)c3Br)ccc12. The molecule has 6 nitrogen and oxygen atoms in total. The van der Waals surface area contributed by atoms with Crippen molar-refractivity contribution in [3.05, 3.63) is 76.4 Å². The third-order valence-electron chi connectivity index (χ3n) is 4.36. The van der Waals surface area contributed by atoms with Crippen LogP contribution < -0.4 is 10.6 Å². The summed E-state index contributed by atoms with van der Waals surface area (Å²) in [5, 5.41) is 7.93. The fraction of sp³-hybridized carbons (Fsp3) is 0.100. The van der Waals surface area contributed by atoms with Crippen molar-refractivity contribution in [1.29, 1.82) is 0 Å². The van der Waals surface area contributed by atoms with E-state index in [1.54, 1.807) is 28.6 Å². The number of rotatable bonds is 6. The molecule has 2 N–H and O–H groups in total. The van der Waals surface area contributed by atoms with Gasteiger partial charge in [-0.25, -0.2) is 4.98 Å². The molecule has 1 unspecified atom stereocenters. The van der Waals surface area contributed by atoms with Crippen LogP contribution in [-0.2, 0) is 17.9 Å². The zero-order chi connectivity index (χ0) is 20.4.